The van der Waals surface area contributed by atoms with E-state index in [-0.39, 0.29) is 0 Å². The predicted octanol–water partition coefficient (Wildman–Crippen LogP) is 1.70. The van der Waals surface area contributed by atoms with E-state index < -0.39 is 0 Å². The van der Waals surface area contributed by atoms with E-state index >= 15 is 0 Å². The van der Waals surface area contributed by atoms with Gasteiger partial charge in [0.2, 0.25) is 0 Å². The van der Waals surface area contributed by atoms with Gasteiger partial charge in [0.1, 0.15) is 0 Å². The Bertz CT molecular complexity index is 250. The summed E-state index contributed by atoms with van der Waals surface area (Å²) in [6, 6.07) is 4.76. The molecule has 0 aliphatic carbocycles. The van der Waals surface area contributed by atoms with Crippen molar-refractivity contribution < 1.29 is 0 Å². The minimum Gasteiger partial charge on any atom is -0.299 e. The van der Waals surface area contributed by atoms with Gasteiger partial charge in [0.15, 0.2) is 0 Å². The lowest BCUT2D eigenvalue weighted by atomic mass is 9.86. The fraction of sp³-hybridized carbons (Fsp3) is 0.500. The topological polar surface area (TPSA) is 16.1 Å². The van der Waals surface area contributed by atoms with Gasteiger partial charge in [-0.1, -0.05) is 13.0 Å². The van der Waals surface area contributed by atoms with Gasteiger partial charge in [-0.2, -0.15) is 0 Å². The second kappa shape index (κ2) is 2.87. The quantitative estimate of drug-likeness (QED) is 0.625. The van der Waals surface area contributed by atoms with Crippen molar-refractivity contribution in [2.75, 3.05) is 13.6 Å². The second-order valence-corrected chi connectivity index (χ2v) is 3.65. The number of likely N-dealkylation sites (tertiary alicyclic amines) is 1. The minimum absolute atomic E-state index is 0.596. The van der Waals surface area contributed by atoms with Gasteiger partial charge >= 0.3 is 0 Å². The Kier molecular flexibility index (Phi) is 1.85. The van der Waals surface area contributed by atoms with Crippen LogP contribution in [0, 0.1) is 5.92 Å². The maximum absolute atomic E-state index is 4.13. The van der Waals surface area contributed by atoms with Crippen LogP contribution >= 0.6 is 0 Å². The van der Waals surface area contributed by atoms with Crippen LogP contribution in [0.1, 0.15) is 18.5 Å². The van der Waals surface area contributed by atoms with Gasteiger partial charge in [-0.15, -0.1) is 0 Å². The highest BCUT2D eigenvalue weighted by Crippen LogP contribution is 2.35. The molecule has 0 N–H and O–H groups in total. The zero-order valence-corrected chi connectivity index (χ0v) is 7.57. The minimum atomic E-state index is 0.596. The molecule has 1 aromatic rings. The Hall–Kier alpha value is -0.890. The standard InChI is InChI=1S/C10H14N2/c1-8-7-12(2)10(8)9-4-3-5-11-6-9/h3-6,8,10H,7H2,1-2H3/t8-,10?/m0/s1. The van der Waals surface area contributed by atoms with Gasteiger partial charge < -0.3 is 0 Å². The summed E-state index contributed by atoms with van der Waals surface area (Å²) in [5.41, 5.74) is 1.35. The summed E-state index contributed by atoms with van der Waals surface area (Å²) in [4.78, 5) is 6.49. The largest absolute Gasteiger partial charge is 0.299 e. The van der Waals surface area contributed by atoms with E-state index in [0.29, 0.717) is 6.04 Å². The van der Waals surface area contributed by atoms with Crippen LogP contribution in [0.3, 0.4) is 0 Å². The van der Waals surface area contributed by atoms with E-state index in [1.807, 2.05) is 18.5 Å². The molecule has 0 spiro atoms. The highest BCUT2D eigenvalue weighted by Gasteiger charge is 2.33. The lowest BCUT2D eigenvalue weighted by molar-refractivity contribution is 0.0527. The van der Waals surface area contributed by atoms with Crippen molar-refractivity contribution in [3.8, 4) is 0 Å². The first-order valence-electron chi connectivity index (χ1n) is 4.39. The predicted molar refractivity (Wildman–Crippen MR) is 48.8 cm³/mol. The summed E-state index contributed by atoms with van der Waals surface area (Å²) in [6.45, 7) is 3.50. The van der Waals surface area contributed by atoms with Crippen molar-refractivity contribution in [1.82, 2.24) is 9.88 Å². The number of nitrogens with zero attached hydrogens (tertiary/aromatic N) is 2. The molecule has 0 amide bonds. The highest BCUT2D eigenvalue weighted by atomic mass is 15.2. The smallest absolute Gasteiger partial charge is 0.0398 e. The fourth-order valence-electron chi connectivity index (χ4n) is 2.10. The molecule has 1 unspecified atom stereocenters. The fourth-order valence-corrected chi connectivity index (χ4v) is 2.10. The van der Waals surface area contributed by atoms with Crippen LogP contribution in [-0.4, -0.2) is 23.5 Å². The molecule has 2 atom stereocenters. The van der Waals surface area contributed by atoms with Crippen molar-refractivity contribution in [1.29, 1.82) is 0 Å². The van der Waals surface area contributed by atoms with Crippen molar-refractivity contribution in [3.05, 3.63) is 30.1 Å². The normalized spacial score (nSPS) is 29.8. The Morgan fingerprint density at radius 3 is 2.92 bits per heavy atom. The molecule has 1 saturated heterocycles. The zero-order chi connectivity index (χ0) is 8.55. The molecule has 1 aromatic heterocycles. The maximum Gasteiger partial charge on any atom is 0.0398 e. The number of hydrogen-bond donors (Lipinski definition) is 0. The van der Waals surface area contributed by atoms with Crippen LogP contribution in [0.2, 0.25) is 0 Å². The molecular weight excluding hydrogens is 148 g/mol. The molecule has 1 aliphatic rings. The van der Waals surface area contributed by atoms with Crippen molar-refractivity contribution >= 4 is 0 Å². The average Bonchev–Trinajstić information content (AvgIpc) is 2.05. The molecule has 2 rings (SSSR count). The maximum atomic E-state index is 4.13. The van der Waals surface area contributed by atoms with Gasteiger partial charge in [0, 0.05) is 25.0 Å². The molecule has 2 nitrogen and oxygen atoms in total. The summed E-state index contributed by atoms with van der Waals surface area (Å²) < 4.78 is 0. The van der Waals surface area contributed by atoms with Gasteiger partial charge in [0.05, 0.1) is 0 Å². The third kappa shape index (κ3) is 1.12. The molecule has 12 heavy (non-hydrogen) atoms. The van der Waals surface area contributed by atoms with Crippen LogP contribution in [-0.2, 0) is 0 Å². The van der Waals surface area contributed by atoms with Gasteiger partial charge in [-0.3, -0.25) is 9.88 Å². The molecule has 64 valence electrons. The number of hydrogen-bond acceptors (Lipinski definition) is 2. The summed E-state index contributed by atoms with van der Waals surface area (Å²) in [5, 5.41) is 0. The van der Waals surface area contributed by atoms with Crippen LogP contribution in [0.5, 0.6) is 0 Å². The first-order valence-corrected chi connectivity index (χ1v) is 4.39. The third-order valence-electron chi connectivity index (χ3n) is 2.62. The first-order chi connectivity index (χ1) is 5.79. The summed E-state index contributed by atoms with van der Waals surface area (Å²) in [6.07, 6.45) is 3.80. The lowest BCUT2D eigenvalue weighted by Gasteiger charge is -2.44. The Morgan fingerprint density at radius 2 is 2.42 bits per heavy atom. The van der Waals surface area contributed by atoms with E-state index in [1.54, 1.807) is 0 Å². The van der Waals surface area contributed by atoms with Gasteiger partial charge in [-0.05, 0) is 24.6 Å². The average molecular weight is 162 g/mol. The summed E-state index contributed by atoms with van der Waals surface area (Å²) in [5.74, 6) is 0.777. The Labute approximate surface area is 73.2 Å². The lowest BCUT2D eigenvalue weighted by Crippen LogP contribution is -2.45. The molecule has 1 aliphatic heterocycles. The van der Waals surface area contributed by atoms with Crippen LogP contribution in [0.25, 0.3) is 0 Å². The summed E-state index contributed by atoms with van der Waals surface area (Å²) >= 11 is 0. The van der Waals surface area contributed by atoms with Crippen LogP contribution in [0.4, 0.5) is 0 Å². The summed E-state index contributed by atoms with van der Waals surface area (Å²) in [7, 11) is 2.16. The van der Waals surface area contributed by atoms with E-state index in [2.05, 4.69) is 29.9 Å². The van der Waals surface area contributed by atoms with Crippen molar-refractivity contribution in [2.24, 2.45) is 5.92 Å². The van der Waals surface area contributed by atoms with Crippen LogP contribution < -0.4 is 0 Å². The van der Waals surface area contributed by atoms with Gasteiger partial charge in [-0.25, -0.2) is 0 Å². The Morgan fingerprint density at radius 1 is 1.58 bits per heavy atom. The SMILES string of the molecule is C[C@H]1CN(C)C1c1cccnc1. The first kappa shape index (κ1) is 7.74. The third-order valence-corrected chi connectivity index (χ3v) is 2.62. The second-order valence-electron chi connectivity index (χ2n) is 3.65. The molecule has 0 aromatic carbocycles. The Balaban J connectivity index is 2.20. The zero-order valence-electron chi connectivity index (χ0n) is 7.57. The molecule has 1 fully saturated rings. The molecule has 0 bridgehead atoms. The monoisotopic (exact) mass is 162 g/mol. The molecule has 0 saturated carbocycles. The van der Waals surface area contributed by atoms with E-state index in [0.717, 1.165) is 5.92 Å². The molecule has 2 heterocycles. The van der Waals surface area contributed by atoms with E-state index in [4.69, 9.17) is 0 Å². The number of aromatic nitrogens is 1. The van der Waals surface area contributed by atoms with Crippen LogP contribution in [0.15, 0.2) is 24.5 Å². The van der Waals surface area contributed by atoms with E-state index in [9.17, 15) is 0 Å². The molecule has 2 heteroatoms. The number of pyridine rings is 1. The van der Waals surface area contributed by atoms with Crippen molar-refractivity contribution in [3.63, 3.8) is 0 Å². The van der Waals surface area contributed by atoms with Gasteiger partial charge in [0.25, 0.3) is 0 Å². The highest BCUT2D eigenvalue weighted by molar-refractivity contribution is 5.17. The van der Waals surface area contributed by atoms with E-state index in [1.165, 1.54) is 12.1 Å². The molecular formula is C10H14N2. The van der Waals surface area contributed by atoms with Crippen molar-refractivity contribution in [2.45, 2.75) is 13.0 Å². The molecule has 0 radical (unpaired) electrons. The number of rotatable bonds is 1.